The lowest BCUT2D eigenvalue weighted by Gasteiger charge is -2.10. The third kappa shape index (κ3) is 4.60. The molecule has 0 bridgehead atoms. The zero-order chi connectivity index (χ0) is 20.0. The number of carbonyl (C=O) groups is 2. The van der Waals surface area contributed by atoms with Crippen LogP contribution in [0.3, 0.4) is 0 Å². The molecule has 0 unspecified atom stereocenters. The molecular weight excluding hydrogens is 348 g/mol. The van der Waals surface area contributed by atoms with Crippen molar-refractivity contribution >= 4 is 23.3 Å². The number of carboxylic acids is 1. The number of aliphatic hydroxyl groups is 1. The molecule has 0 atom stereocenters. The number of allylic oxidation sites excluding steroid dienone is 3. The summed E-state index contributed by atoms with van der Waals surface area (Å²) in [6.45, 7) is 5.20. The van der Waals surface area contributed by atoms with Crippen LogP contribution in [0.4, 0.5) is 5.69 Å². The molecule has 27 heavy (non-hydrogen) atoms. The first-order valence-corrected chi connectivity index (χ1v) is 7.87. The van der Waals surface area contributed by atoms with Gasteiger partial charge in [0, 0.05) is 11.1 Å². The number of aryl methyl sites for hydroxylation is 1. The van der Waals surface area contributed by atoms with Crippen LogP contribution in [0.5, 0.6) is 0 Å². The number of hydrogen-bond donors (Lipinski definition) is 4. The fourth-order valence-electron chi connectivity index (χ4n) is 2.39. The van der Waals surface area contributed by atoms with Crippen molar-refractivity contribution in [2.45, 2.75) is 6.92 Å². The molecule has 1 amide bonds. The Balaban J connectivity index is 2.35. The number of anilines is 1. The molecule has 0 aliphatic carbocycles. The molecule has 0 aromatic heterocycles. The average molecular weight is 366 g/mol. The first-order chi connectivity index (χ1) is 12.9. The van der Waals surface area contributed by atoms with Gasteiger partial charge in [0.05, 0.1) is 11.3 Å². The summed E-state index contributed by atoms with van der Waals surface area (Å²) >= 11 is 0. The number of aliphatic hydroxyl groups excluding tert-OH is 1. The fraction of sp³-hybridized carbons (Fsp3) is 0.0500. The second kappa shape index (κ2) is 8.48. The quantitative estimate of drug-likeness (QED) is 0.204. The molecule has 0 aliphatic rings. The third-order valence-electron chi connectivity index (χ3n) is 3.67. The van der Waals surface area contributed by atoms with Crippen molar-refractivity contribution in [1.29, 1.82) is 0 Å². The van der Waals surface area contributed by atoms with Crippen LogP contribution in [0.15, 0.2) is 72.1 Å². The van der Waals surface area contributed by atoms with Crippen LogP contribution in [0.2, 0.25) is 0 Å². The van der Waals surface area contributed by atoms with Crippen LogP contribution < -0.4 is 5.32 Å². The lowest BCUT2D eigenvalue weighted by atomic mass is 10.0. The number of nitrogens with zero attached hydrogens (tertiary/aromatic N) is 1. The van der Waals surface area contributed by atoms with Gasteiger partial charge in [-0.05, 0) is 37.3 Å². The molecule has 7 nitrogen and oxygen atoms in total. The van der Waals surface area contributed by atoms with Crippen molar-refractivity contribution in [3.8, 4) is 0 Å². The number of carboxylic acid groups (broad SMARTS) is 1. The zero-order valence-electron chi connectivity index (χ0n) is 14.5. The maximum atomic E-state index is 12.5. The van der Waals surface area contributed by atoms with Crippen molar-refractivity contribution in [2.24, 2.45) is 5.16 Å². The van der Waals surface area contributed by atoms with Gasteiger partial charge in [0.1, 0.15) is 5.76 Å². The van der Waals surface area contributed by atoms with E-state index in [1.165, 1.54) is 36.4 Å². The van der Waals surface area contributed by atoms with Gasteiger partial charge >= 0.3 is 5.97 Å². The molecule has 7 heteroatoms. The van der Waals surface area contributed by atoms with Gasteiger partial charge in [0.15, 0.2) is 5.71 Å². The normalized spacial score (nSPS) is 11.7. The largest absolute Gasteiger partial charge is 0.506 e. The molecule has 0 fully saturated rings. The Morgan fingerprint density at radius 3 is 2.44 bits per heavy atom. The van der Waals surface area contributed by atoms with Gasteiger partial charge in [0.25, 0.3) is 5.91 Å². The summed E-state index contributed by atoms with van der Waals surface area (Å²) in [6, 6.07) is 10.7. The highest BCUT2D eigenvalue weighted by Gasteiger charge is 2.16. The number of hydrogen-bond acceptors (Lipinski definition) is 5. The molecule has 0 radical (unpaired) electrons. The van der Waals surface area contributed by atoms with E-state index in [0.29, 0.717) is 5.56 Å². The summed E-state index contributed by atoms with van der Waals surface area (Å²) in [4.78, 5) is 23.9. The highest BCUT2D eigenvalue weighted by Crippen LogP contribution is 2.19. The number of oxime groups is 1. The van der Waals surface area contributed by atoms with E-state index in [-0.39, 0.29) is 28.3 Å². The molecule has 0 aliphatic heterocycles. The van der Waals surface area contributed by atoms with E-state index >= 15 is 0 Å². The van der Waals surface area contributed by atoms with E-state index in [4.69, 9.17) is 5.21 Å². The number of nitrogens with one attached hydrogen (secondary N) is 1. The number of benzene rings is 2. The van der Waals surface area contributed by atoms with Crippen LogP contribution in [-0.4, -0.2) is 33.0 Å². The maximum Gasteiger partial charge on any atom is 0.337 e. The average Bonchev–Trinajstić information content (AvgIpc) is 2.64. The first kappa shape index (κ1) is 19.5. The molecule has 0 saturated heterocycles. The van der Waals surface area contributed by atoms with Crippen molar-refractivity contribution in [3.05, 3.63) is 89.2 Å². The molecule has 138 valence electrons. The summed E-state index contributed by atoms with van der Waals surface area (Å²) in [7, 11) is 0. The van der Waals surface area contributed by atoms with Gasteiger partial charge in [-0.1, -0.05) is 41.6 Å². The lowest BCUT2D eigenvalue weighted by Crippen LogP contribution is -2.16. The number of aromatic carboxylic acids is 1. The second-order valence-corrected chi connectivity index (χ2v) is 5.63. The number of carbonyl (C=O) groups excluding carboxylic acids is 1. The Kier molecular flexibility index (Phi) is 6.11. The van der Waals surface area contributed by atoms with E-state index in [1.54, 1.807) is 25.1 Å². The molecule has 0 saturated carbocycles. The van der Waals surface area contributed by atoms with Gasteiger partial charge in [-0.15, -0.1) is 0 Å². The summed E-state index contributed by atoms with van der Waals surface area (Å²) < 4.78 is 0. The Labute approximate surface area is 155 Å². The molecule has 4 N–H and O–H groups in total. The van der Waals surface area contributed by atoms with Crippen molar-refractivity contribution < 1.29 is 25.0 Å². The van der Waals surface area contributed by atoms with Gasteiger partial charge in [-0.3, -0.25) is 4.79 Å². The summed E-state index contributed by atoms with van der Waals surface area (Å²) in [6.07, 6.45) is 2.56. The molecule has 2 rings (SSSR count). The highest BCUT2D eigenvalue weighted by molar-refractivity contribution is 6.13. The second-order valence-electron chi connectivity index (χ2n) is 5.63. The third-order valence-corrected chi connectivity index (χ3v) is 3.67. The lowest BCUT2D eigenvalue weighted by molar-refractivity contribution is 0.0698. The predicted octanol–water partition coefficient (Wildman–Crippen LogP) is 3.75. The molecule has 2 aromatic rings. The topological polar surface area (TPSA) is 119 Å². The van der Waals surface area contributed by atoms with E-state index in [0.717, 1.165) is 5.56 Å². The Hall–Kier alpha value is -3.87. The van der Waals surface area contributed by atoms with Crippen molar-refractivity contribution in [2.75, 3.05) is 5.32 Å². The summed E-state index contributed by atoms with van der Waals surface area (Å²) in [5.41, 5.74) is 1.24. The molecule has 0 heterocycles. The highest BCUT2D eigenvalue weighted by atomic mass is 16.4. The minimum Gasteiger partial charge on any atom is -0.506 e. The Bertz CT molecular complexity index is 961. The number of amides is 1. The van der Waals surface area contributed by atoms with E-state index in [9.17, 15) is 19.8 Å². The molecule has 2 aromatic carbocycles. The predicted molar refractivity (Wildman–Crippen MR) is 102 cm³/mol. The minimum atomic E-state index is -1.16. The van der Waals surface area contributed by atoms with Gasteiger partial charge in [0.2, 0.25) is 0 Å². The smallest absolute Gasteiger partial charge is 0.337 e. The fourth-order valence-corrected chi connectivity index (χ4v) is 2.39. The van der Waals surface area contributed by atoms with Crippen LogP contribution >= 0.6 is 0 Å². The van der Waals surface area contributed by atoms with E-state index in [2.05, 4.69) is 17.1 Å². The van der Waals surface area contributed by atoms with Gasteiger partial charge in [-0.2, -0.15) is 0 Å². The standard InChI is InChI=1S/C20H18N2O5/c1-3-5-17(23)18(22-27)13-6-4-7-14(11-13)19(24)21-16-9-8-12(2)10-15(16)20(25)26/h3-11,23,27H,1H2,2H3,(H,21,24)(H,25,26)/b17-5-,22-18+. The van der Waals surface area contributed by atoms with Crippen LogP contribution in [0.1, 0.15) is 31.8 Å². The summed E-state index contributed by atoms with van der Waals surface area (Å²) in [5.74, 6) is -2.03. The van der Waals surface area contributed by atoms with Crippen LogP contribution in [0.25, 0.3) is 0 Å². The van der Waals surface area contributed by atoms with Crippen LogP contribution in [-0.2, 0) is 0 Å². The number of rotatable bonds is 6. The van der Waals surface area contributed by atoms with Crippen molar-refractivity contribution in [1.82, 2.24) is 0 Å². The van der Waals surface area contributed by atoms with Crippen LogP contribution in [0, 0.1) is 6.92 Å². The van der Waals surface area contributed by atoms with Gasteiger partial charge < -0.3 is 20.7 Å². The van der Waals surface area contributed by atoms with E-state index in [1.807, 2.05) is 0 Å². The zero-order valence-corrected chi connectivity index (χ0v) is 14.5. The monoisotopic (exact) mass is 366 g/mol. The first-order valence-electron chi connectivity index (χ1n) is 7.87. The molecule has 0 spiro atoms. The minimum absolute atomic E-state index is 0.0244. The van der Waals surface area contributed by atoms with E-state index < -0.39 is 11.9 Å². The maximum absolute atomic E-state index is 12.5. The van der Waals surface area contributed by atoms with Crippen molar-refractivity contribution in [3.63, 3.8) is 0 Å². The SMILES string of the molecule is C=C/C=C(O)/C(=N/O)c1cccc(C(=O)Nc2ccc(C)cc2C(=O)O)c1. The Morgan fingerprint density at radius 1 is 1.11 bits per heavy atom. The van der Waals surface area contributed by atoms with Gasteiger partial charge in [-0.25, -0.2) is 4.79 Å². The molecular formula is C20H18N2O5. The summed E-state index contributed by atoms with van der Waals surface area (Å²) in [5, 5.41) is 33.9. The Morgan fingerprint density at radius 2 is 1.81 bits per heavy atom.